The minimum Gasteiger partial charge on any atom is -0.441 e. The molecule has 0 spiro atoms. The van der Waals surface area contributed by atoms with E-state index >= 15 is 0 Å². The highest BCUT2D eigenvalue weighted by atomic mass is 16.5. The van der Waals surface area contributed by atoms with Gasteiger partial charge in [-0.05, 0) is 18.1 Å². The van der Waals surface area contributed by atoms with E-state index in [-0.39, 0.29) is 0 Å². The van der Waals surface area contributed by atoms with E-state index in [4.69, 9.17) is 11.2 Å². The van der Waals surface area contributed by atoms with Crippen molar-refractivity contribution in [1.29, 1.82) is 0 Å². The number of terminal acetylenes is 1. The summed E-state index contributed by atoms with van der Waals surface area (Å²) in [5, 5.41) is 0. The molecule has 0 aliphatic rings. The van der Waals surface area contributed by atoms with Crippen molar-refractivity contribution >= 4 is 5.97 Å². The van der Waals surface area contributed by atoms with Crippen LogP contribution < -0.4 is 0 Å². The second kappa shape index (κ2) is 7.54. The summed E-state index contributed by atoms with van der Waals surface area (Å²) in [4.78, 5) is 11.5. The van der Waals surface area contributed by atoms with Gasteiger partial charge in [-0.3, -0.25) is 0 Å². The van der Waals surface area contributed by atoms with E-state index in [0.29, 0.717) is 0 Å². The molecule has 0 radical (unpaired) electrons. The summed E-state index contributed by atoms with van der Waals surface area (Å²) in [5.41, 5.74) is 0.800. The molecule has 1 unspecified atom stereocenters. The maximum Gasteiger partial charge on any atom is 0.332 e. The summed E-state index contributed by atoms with van der Waals surface area (Å²) < 4.78 is 5.20. The Bertz CT molecular complexity index is 536. The third kappa shape index (κ3) is 4.43. The van der Waals surface area contributed by atoms with E-state index in [2.05, 4.69) is 24.3 Å². The molecule has 0 aliphatic carbocycles. The van der Waals surface area contributed by atoms with Crippen molar-refractivity contribution in [1.82, 2.24) is 0 Å². The Balaban J connectivity index is 2.87. The van der Waals surface area contributed by atoms with Crippen LogP contribution in [0.2, 0.25) is 0 Å². The number of rotatable bonds is 3. The van der Waals surface area contributed by atoms with Gasteiger partial charge in [-0.25, -0.2) is 4.79 Å². The topological polar surface area (TPSA) is 26.3 Å². The molecule has 1 atom stereocenters. The molecule has 0 bridgehead atoms. The standard InChI is InChI=1S/C16H12O2/c1-3-5-12-15(14-10-8-7-9-11-14)18-16(17)13-6-4-2/h2-3,6-11,13,15H,1H2/b13-6-. The van der Waals surface area contributed by atoms with Crippen LogP contribution in [0.25, 0.3) is 0 Å². The Kier molecular flexibility index (Phi) is 5.60. The lowest BCUT2D eigenvalue weighted by atomic mass is 10.1. The Labute approximate surface area is 107 Å². The third-order valence-electron chi connectivity index (χ3n) is 1.97. The summed E-state index contributed by atoms with van der Waals surface area (Å²) >= 11 is 0. The highest BCUT2D eigenvalue weighted by Crippen LogP contribution is 2.16. The zero-order chi connectivity index (χ0) is 13.2. The molecule has 0 saturated heterocycles. The van der Waals surface area contributed by atoms with E-state index in [1.165, 1.54) is 18.2 Å². The highest BCUT2D eigenvalue weighted by Gasteiger charge is 2.11. The highest BCUT2D eigenvalue weighted by molar-refractivity contribution is 5.82. The zero-order valence-corrected chi connectivity index (χ0v) is 9.80. The van der Waals surface area contributed by atoms with Crippen LogP contribution in [0, 0.1) is 24.2 Å². The fraction of sp³-hybridized carbons (Fsp3) is 0.0625. The molecule has 1 aromatic carbocycles. The number of benzene rings is 1. The maximum atomic E-state index is 11.5. The number of allylic oxidation sites excluding steroid dienone is 2. The number of carbonyl (C=O) groups is 1. The maximum absolute atomic E-state index is 11.5. The van der Waals surface area contributed by atoms with E-state index in [1.807, 2.05) is 30.3 Å². The van der Waals surface area contributed by atoms with Gasteiger partial charge in [-0.1, -0.05) is 48.8 Å². The lowest BCUT2D eigenvalue weighted by Crippen LogP contribution is -2.07. The number of hydrogen-bond donors (Lipinski definition) is 0. The van der Waals surface area contributed by atoms with Gasteiger partial charge in [0.05, 0.1) is 0 Å². The molecule has 0 heterocycles. The van der Waals surface area contributed by atoms with Crippen LogP contribution in [0.3, 0.4) is 0 Å². The largest absolute Gasteiger partial charge is 0.441 e. The van der Waals surface area contributed by atoms with Crippen LogP contribution >= 0.6 is 0 Å². The average Bonchev–Trinajstić information content (AvgIpc) is 2.42. The van der Waals surface area contributed by atoms with E-state index in [0.717, 1.165) is 5.56 Å². The van der Waals surface area contributed by atoms with Crippen molar-refractivity contribution in [2.75, 3.05) is 0 Å². The third-order valence-corrected chi connectivity index (χ3v) is 1.97. The first-order valence-electron chi connectivity index (χ1n) is 5.28. The van der Waals surface area contributed by atoms with Gasteiger partial charge in [0.25, 0.3) is 0 Å². The summed E-state index contributed by atoms with van der Waals surface area (Å²) in [5.74, 6) is 7.17. The van der Waals surface area contributed by atoms with Gasteiger partial charge >= 0.3 is 5.97 Å². The first-order valence-corrected chi connectivity index (χ1v) is 5.28. The Hall–Kier alpha value is -2.71. The summed E-state index contributed by atoms with van der Waals surface area (Å²) in [6.07, 6.45) is 8.30. The van der Waals surface area contributed by atoms with Crippen molar-refractivity contribution in [2.45, 2.75) is 6.10 Å². The molecule has 2 nitrogen and oxygen atoms in total. The molecule has 0 aliphatic heterocycles. The van der Waals surface area contributed by atoms with Crippen molar-refractivity contribution in [2.24, 2.45) is 0 Å². The molecule has 0 saturated carbocycles. The molecular formula is C16H12O2. The van der Waals surface area contributed by atoms with Crippen LogP contribution in [-0.2, 0) is 9.53 Å². The van der Waals surface area contributed by atoms with Crippen LogP contribution in [0.4, 0.5) is 0 Å². The van der Waals surface area contributed by atoms with Gasteiger partial charge in [0, 0.05) is 11.6 Å². The van der Waals surface area contributed by atoms with E-state index in [9.17, 15) is 4.79 Å². The Morgan fingerprint density at radius 1 is 1.39 bits per heavy atom. The fourth-order valence-corrected chi connectivity index (χ4v) is 1.21. The van der Waals surface area contributed by atoms with Crippen molar-refractivity contribution in [3.8, 4) is 24.2 Å². The van der Waals surface area contributed by atoms with Crippen LogP contribution in [-0.4, -0.2) is 5.97 Å². The molecule has 0 N–H and O–H groups in total. The summed E-state index contributed by atoms with van der Waals surface area (Å²) in [6, 6.07) is 9.24. The Morgan fingerprint density at radius 2 is 2.11 bits per heavy atom. The lowest BCUT2D eigenvalue weighted by Gasteiger charge is -2.10. The average molecular weight is 236 g/mol. The molecule has 0 amide bonds. The first kappa shape index (κ1) is 13.4. The summed E-state index contributed by atoms with van der Waals surface area (Å²) in [6.45, 7) is 3.50. The van der Waals surface area contributed by atoms with Crippen LogP contribution in [0.1, 0.15) is 11.7 Å². The van der Waals surface area contributed by atoms with Gasteiger partial charge in [0.15, 0.2) is 6.10 Å². The lowest BCUT2D eigenvalue weighted by molar-refractivity contribution is -0.140. The molecule has 18 heavy (non-hydrogen) atoms. The van der Waals surface area contributed by atoms with Gasteiger partial charge < -0.3 is 4.74 Å². The smallest absolute Gasteiger partial charge is 0.332 e. The van der Waals surface area contributed by atoms with Crippen molar-refractivity contribution < 1.29 is 9.53 Å². The van der Waals surface area contributed by atoms with Crippen LogP contribution in [0.15, 0.2) is 55.1 Å². The fourth-order valence-electron chi connectivity index (χ4n) is 1.21. The van der Waals surface area contributed by atoms with Gasteiger partial charge in [0.2, 0.25) is 0 Å². The SMILES string of the molecule is C#C/C=C\C(=O)OC(C#CC=C)c1ccccc1. The molecule has 0 aromatic heterocycles. The molecule has 2 heteroatoms. The number of esters is 1. The minimum atomic E-state index is -0.626. The number of hydrogen-bond acceptors (Lipinski definition) is 2. The van der Waals surface area contributed by atoms with E-state index < -0.39 is 12.1 Å². The van der Waals surface area contributed by atoms with E-state index in [1.54, 1.807) is 0 Å². The zero-order valence-electron chi connectivity index (χ0n) is 9.80. The van der Waals surface area contributed by atoms with Crippen molar-refractivity contribution in [3.05, 3.63) is 60.7 Å². The van der Waals surface area contributed by atoms with Gasteiger partial charge in [0.1, 0.15) is 0 Å². The summed E-state index contributed by atoms with van der Waals surface area (Å²) in [7, 11) is 0. The first-order chi connectivity index (χ1) is 8.77. The molecule has 0 fully saturated rings. The molecule has 88 valence electrons. The minimum absolute atomic E-state index is 0.528. The Morgan fingerprint density at radius 3 is 2.72 bits per heavy atom. The molecular weight excluding hydrogens is 224 g/mol. The molecule has 1 rings (SSSR count). The van der Waals surface area contributed by atoms with Gasteiger partial charge in [-0.15, -0.1) is 6.42 Å². The number of ether oxygens (including phenoxy) is 1. The quantitative estimate of drug-likeness (QED) is 0.458. The van der Waals surface area contributed by atoms with Crippen LogP contribution in [0.5, 0.6) is 0 Å². The normalized spacial score (nSPS) is 10.8. The molecule has 1 aromatic rings. The van der Waals surface area contributed by atoms with Crippen molar-refractivity contribution in [3.63, 3.8) is 0 Å². The predicted octanol–water partition coefficient (Wildman–Crippen LogP) is 2.65. The second-order valence-corrected chi connectivity index (χ2v) is 3.22. The second-order valence-electron chi connectivity index (χ2n) is 3.22. The number of carbonyl (C=O) groups excluding carboxylic acids is 1. The predicted molar refractivity (Wildman–Crippen MR) is 71.2 cm³/mol. The monoisotopic (exact) mass is 236 g/mol. The van der Waals surface area contributed by atoms with Gasteiger partial charge in [-0.2, -0.15) is 0 Å².